The monoisotopic (exact) mass is 634 g/mol. The van der Waals surface area contributed by atoms with Gasteiger partial charge in [0.15, 0.2) is 0 Å². The van der Waals surface area contributed by atoms with Crippen LogP contribution in [0.25, 0.3) is 22.3 Å². The van der Waals surface area contributed by atoms with Gasteiger partial charge < -0.3 is 11.5 Å². The number of hydrogen-bond donors (Lipinski definition) is 2. The van der Waals surface area contributed by atoms with Crippen LogP contribution < -0.4 is 21.3 Å². The average Bonchev–Trinajstić information content (AvgIpc) is 3.47. The number of nitrogen functional groups attached to an aromatic ring is 2. The fourth-order valence-corrected chi connectivity index (χ4v) is 6.85. The molecule has 2 aliphatic rings. The SMILES string of the molecule is CC(C)c1c(N2C(=O)c3ccc(-c4ccc(N)cc4)cc3C2=O)ccc(N2C(=O)c3ccc(-c4ccc(N)cc4)cc3C2=O)c1C(C)C. The molecule has 0 saturated carbocycles. The third-order valence-corrected chi connectivity index (χ3v) is 9.14. The first-order chi connectivity index (χ1) is 23.0. The summed E-state index contributed by atoms with van der Waals surface area (Å²) in [5.74, 6) is -1.99. The van der Waals surface area contributed by atoms with Gasteiger partial charge in [-0.15, -0.1) is 0 Å². The van der Waals surface area contributed by atoms with Crippen LogP contribution in [0.5, 0.6) is 0 Å². The van der Waals surface area contributed by atoms with Gasteiger partial charge in [0.1, 0.15) is 0 Å². The lowest BCUT2D eigenvalue weighted by atomic mass is 9.86. The van der Waals surface area contributed by atoms with Crippen LogP contribution in [-0.2, 0) is 0 Å². The molecule has 5 aromatic rings. The molecular weight excluding hydrogens is 600 g/mol. The Morgan fingerprint density at radius 1 is 0.417 bits per heavy atom. The van der Waals surface area contributed by atoms with E-state index in [9.17, 15) is 19.2 Å². The van der Waals surface area contributed by atoms with E-state index in [-0.39, 0.29) is 11.8 Å². The van der Waals surface area contributed by atoms with Crippen LogP contribution in [0, 0.1) is 0 Å². The molecular formula is C40H34N4O4. The fraction of sp³-hybridized carbons (Fsp3) is 0.150. The van der Waals surface area contributed by atoms with Gasteiger partial charge in [-0.2, -0.15) is 0 Å². The first kappa shape index (κ1) is 30.6. The Hall–Kier alpha value is -6.02. The molecule has 0 unspecified atom stereocenters. The molecule has 4 N–H and O–H groups in total. The van der Waals surface area contributed by atoms with Crippen LogP contribution in [0.3, 0.4) is 0 Å². The largest absolute Gasteiger partial charge is 0.399 e. The summed E-state index contributed by atoms with van der Waals surface area (Å²) in [6.07, 6.45) is 0. The van der Waals surface area contributed by atoms with Crippen molar-refractivity contribution in [3.8, 4) is 22.3 Å². The van der Waals surface area contributed by atoms with Gasteiger partial charge in [-0.05, 0) is 106 Å². The number of benzene rings is 5. The van der Waals surface area contributed by atoms with E-state index in [1.54, 1.807) is 60.7 Å². The Morgan fingerprint density at radius 2 is 0.729 bits per heavy atom. The van der Waals surface area contributed by atoms with Gasteiger partial charge in [0, 0.05) is 11.4 Å². The van der Waals surface area contributed by atoms with Crippen molar-refractivity contribution in [1.29, 1.82) is 0 Å². The molecule has 0 aromatic heterocycles. The van der Waals surface area contributed by atoms with Crippen molar-refractivity contribution < 1.29 is 19.2 Å². The Kier molecular flexibility index (Phi) is 7.24. The smallest absolute Gasteiger partial charge is 0.266 e. The standard InChI is InChI=1S/C40H34N4O4/c1-21(2)35-33(43-37(45)29-15-9-25(19-31(29)39(43)47)23-5-11-27(41)12-6-23)17-18-34(36(35)22(3)4)44-38(46)30-16-10-26(20-32(30)40(44)48)24-7-13-28(42)14-8-24/h5-22H,41-42H2,1-4H3. The number of anilines is 4. The van der Waals surface area contributed by atoms with Crippen LogP contribution in [0.15, 0.2) is 97.1 Å². The Bertz CT molecular complexity index is 2030. The summed E-state index contributed by atoms with van der Waals surface area (Å²) >= 11 is 0. The lowest BCUT2D eigenvalue weighted by Crippen LogP contribution is -2.33. The van der Waals surface area contributed by atoms with Crippen molar-refractivity contribution in [3.63, 3.8) is 0 Å². The zero-order chi connectivity index (χ0) is 34.0. The molecule has 0 spiro atoms. The highest BCUT2D eigenvalue weighted by atomic mass is 16.2. The molecule has 2 heterocycles. The summed E-state index contributed by atoms with van der Waals surface area (Å²) in [5.41, 5.74) is 20.0. The zero-order valence-corrected chi connectivity index (χ0v) is 27.1. The number of fused-ring (bicyclic) bond motifs is 2. The first-order valence-corrected chi connectivity index (χ1v) is 15.9. The van der Waals surface area contributed by atoms with E-state index in [0.717, 1.165) is 33.4 Å². The summed E-state index contributed by atoms with van der Waals surface area (Å²) in [7, 11) is 0. The predicted molar refractivity (Wildman–Crippen MR) is 189 cm³/mol. The second-order valence-electron chi connectivity index (χ2n) is 12.9. The van der Waals surface area contributed by atoms with Gasteiger partial charge in [-0.1, -0.05) is 64.1 Å². The molecule has 8 nitrogen and oxygen atoms in total. The Balaban J connectivity index is 1.30. The van der Waals surface area contributed by atoms with Crippen LogP contribution in [0.1, 0.15) is 92.1 Å². The number of amides is 4. The molecule has 0 fully saturated rings. The van der Waals surface area contributed by atoms with Crippen LogP contribution in [0.4, 0.5) is 22.7 Å². The number of nitrogens with two attached hydrogens (primary N) is 2. The highest BCUT2D eigenvalue weighted by Gasteiger charge is 2.42. The molecule has 2 aliphatic heterocycles. The summed E-state index contributed by atoms with van der Waals surface area (Å²) < 4.78 is 0. The summed E-state index contributed by atoms with van der Waals surface area (Å²) in [5, 5.41) is 0. The topological polar surface area (TPSA) is 127 Å². The third kappa shape index (κ3) is 4.76. The second kappa shape index (κ2) is 11.3. The summed E-state index contributed by atoms with van der Waals surface area (Å²) in [6.45, 7) is 7.92. The predicted octanol–water partition coefficient (Wildman–Crippen LogP) is 8.03. The molecule has 4 amide bonds. The number of rotatable bonds is 6. The summed E-state index contributed by atoms with van der Waals surface area (Å²) in [4.78, 5) is 58.3. The van der Waals surface area contributed by atoms with Crippen molar-refractivity contribution in [2.45, 2.75) is 39.5 Å². The van der Waals surface area contributed by atoms with E-state index in [0.29, 0.717) is 45.0 Å². The maximum atomic E-state index is 14.0. The van der Waals surface area contributed by atoms with Gasteiger partial charge in [0.05, 0.1) is 33.6 Å². The van der Waals surface area contributed by atoms with Crippen molar-refractivity contribution in [3.05, 3.63) is 130 Å². The van der Waals surface area contributed by atoms with E-state index in [4.69, 9.17) is 11.5 Å². The highest BCUT2D eigenvalue weighted by Crippen LogP contribution is 2.45. The van der Waals surface area contributed by atoms with Gasteiger partial charge in [0.25, 0.3) is 23.6 Å². The molecule has 48 heavy (non-hydrogen) atoms. The van der Waals surface area contributed by atoms with Crippen molar-refractivity contribution in [2.24, 2.45) is 0 Å². The van der Waals surface area contributed by atoms with E-state index >= 15 is 0 Å². The molecule has 0 bridgehead atoms. The average molecular weight is 635 g/mol. The molecule has 238 valence electrons. The van der Waals surface area contributed by atoms with Crippen LogP contribution >= 0.6 is 0 Å². The van der Waals surface area contributed by atoms with Crippen molar-refractivity contribution >= 4 is 46.4 Å². The van der Waals surface area contributed by atoms with E-state index in [2.05, 4.69) is 0 Å². The Labute approximate surface area is 278 Å². The first-order valence-electron chi connectivity index (χ1n) is 15.9. The van der Waals surface area contributed by atoms with Crippen molar-refractivity contribution in [1.82, 2.24) is 0 Å². The number of carbonyl (C=O) groups excluding carboxylic acids is 4. The lowest BCUT2D eigenvalue weighted by molar-refractivity contribution is 0.0909. The lowest BCUT2D eigenvalue weighted by Gasteiger charge is -2.29. The minimum atomic E-state index is -0.424. The minimum Gasteiger partial charge on any atom is -0.399 e. The highest BCUT2D eigenvalue weighted by molar-refractivity contribution is 6.36. The second-order valence-corrected chi connectivity index (χ2v) is 12.9. The molecule has 8 heteroatoms. The molecule has 5 aromatic carbocycles. The van der Waals surface area contributed by atoms with E-state index in [1.807, 2.05) is 64.1 Å². The number of imide groups is 2. The maximum Gasteiger partial charge on any atom is 0.266 e. The number of carbonyl (C=O) groups is 4. The normalized spacial score (nSPS) is 14.0. The molecule has 0 radical (unpaired) electrons. The van der Waals surface area contributed by atoms with Crippen LogP contribution in [-0.4, -0.2) is 23.6 Å². The molecule has 0 saturated heterocycles. The van der Waals surface area contributed by atoms with Crippen molar-refractivity contribution in [2.75, 3.05) is 21.3 Å². The van der Waals surface area contributed by atoms with E-state index < -0.39 is 23.6 Å². The maximum absolute atomic E-state index is 14.0. The molecule has 7 rings (SSSR count). The van der Waals surface area contributed by atoms with Gasteiger partial charge in [0.2, 0.25) is 0 Å². The minimum absolute atomic E-state index is 0.153. The number of hydrogen-bond acceptors (Lipinski definition) is 6. The quantitative estimate of drug-likeness (QED) is 0.144. The third-order valence-electron chi connectivity index (χ3n) is 9.14. The van der Waals surface area contributed by atoms with Gasteiger partial charge >= 0.3 is 0 Å². The van der Waals surface area contributed by atoms with E-state index in [1.165, 1.54) is 9.80 Å². The zero-order valence-electron chi connectivity index (χ0n) is 27.1. The van der Waals surface area contributed by atoms with Gasteiger partial charge in [-0.25, -0.2) is 9.80 Å². The number of nitrogens with zero attached hydrogens (tertiary/aromatic N) is 2. The molecule has 0 atom stereocenters. The molecule has 0 aliphatic carbocycles. The Morgan fingerprint density at radius 3 is 1.06 bits per heavy atom. The van der Waals surface area contributed by atoms with Gasteiger partial charge in [-0.3, -0.25) is 19.2 Å². The summed E-state index contributed by atoms with van der Waals surface area (Å²) in [6, 6.07) is 28.5. The fourth-order valence-electron chi connectivity index (χ4n) is 6.85. The van der Waals surface area contributed by atoms with Crippen LogP contribution in [0.2, 0.25) is 0 Å².